The zero-order chi connectivity index (χ0) is 30.0. The fourth-order valence-corrected chi connectivity index (χ4v) is 6.89. The highest BCUT2D eigenvalue weighted by Gasteiger charge is 2.34. The monoisotopic (exact) mass is 568 g/mol. The van der Waals surface area contributed by atoms with Crippen LogP contribution in [0.4, 0.5) is 22.7 Å². The van der Waals surface area contributed by atoms with Crippen LogP contribution in [0.5, 0.6) is 0 Å². The molecule has 210 valence electrons. The van der Waals surface area contributed by atoms with Crippen molar-refractivity contribution in [2.45, 2.75) is 53.4 Å². The number of hydrogen-bond acceptors (Lipinski definition) is 6. The van der Waals surface area contributed by atoms with E-state index in [0.29, 0.717) is 39.3 Å². The van der Waals surface area contributed by atoms with E-state index in [4.69, 9.17) is 0 Å². The summed E-state index contributed by atoms with van der Waals surface area (Å²) in [6, 6.07) is 14.0. The Labute approximate surface area is 240 Å². The first-order valence-corrected chi connectivity index (χ1v) is 14.7. The molecule has 1 aliphatic rings. The van der Waals surface area contributed by atoms with Crippen molar-refractivity contribution in [2.75, 3.05) is 10.6 Å². The number of anilines is 4. The molecule has 0 saturated heterocycles. The fourth-order valence-electron chi connectivity index (χ4n) is 5.93. The van der Waals surface area contributed by atoms with Crippen LogP contribution >= 0.6 is 0 Å². The maximum absolute atomic E-state index is 14.0. The Hall–Kier alpha value is -4.27. The van der Waals surface area contributed by atoms with Gasteiger partial charge >= 0.3 is 0 Å². The van der Waals surface area contributed by atoms with Crippen molar-refractivity contribution < 1.29 is 22.6 Å². The Bertz CT molecular complexity index is 1920. The summed E-state index contributed by atoms with van der Waals surface area (Å²) in [4.78, 5) is 27.8. The average molecular weight is 569 g/mol. The third-order valence-electron chi connectivity index (χ3n) is 8.11. The molecule has 0 saturated carbocycles. The quantitative estimate of drug-likeness (QED) is 0.190. The molecule has 3 N–H and O–H groups in total. The molecule has 0 fully saturated rings. The molecule has 4 aromatic rings. The topological polar surface area (TPSA) is 113 Å². The van der Waals surface area contributed by atoms with Crippen LogP contribution in [0.3, 0.4) is 0 Å². The molecule has 5 rings (SSSR count). The highest BCUT2D eigenvalue weighted by atomic mass is 32.2. The first-order chi connectivity index (χ1) is 19.2. The average Bonchev–Trinajstić information content (AvgIpc) is 2.90. The summed E-state index contributed by atoms with van der Waals surface area (Å²) < 4.78 is 34.3. The second-order valence-corrected chi connectivity index (χ2v) is 12.2. The van der Waals surface area contributed by atoms with Crippen LogP contribution in [0.15, 0.2) is 53.4 Å². The van der Waals surface area contributed by atoms with Gasteiger partial charge in [-0.1, -0.05) is 36.4 Å². The summed E-state index contributed by atoms with van der Waals surface area (Å²) in [5, 5.41) is 6.70. The van der Waals surface area contributed by atoms with Crippen molar-refractivity contribution in [2.24, 2.45) is 0 Å². The lowest BCUT2D eigenvalue weighted by atomic mass is 9.82. The van der Waals surface area contributed by atoms with E-state index in [1.54, 1.807) is 56.3 Å². The minimum Gasteiger partial charge on any atom is -0.354 e. The molecule has 0 radical (unpaired) electrons. The molecule has 0 unspecified atom stereocenters. The molecule has 0 heterocycles. The van der Waals surface area contributed by atoms with Crippen molar-refractivity contribution in [3.8, 4) is 0 Å². The van der Waals surface area contributed by atoms with E-state index < -0.39 is 10.1 Å². The number of carbonyl (C=O) groups excluding carboxylic acids is 2. The number of hydrogen-bond donors (Lipinski definition) is 3. The molecule has 0 aliphatic heterocycles. The normalized spacial score (nSPS) is 12.7. The van der Waals surface area contributed by atoms with Gasteiger partial charge in [-0.3, -0.25) is 14.1 Å². The van der Waals surface area contributed by atoms with Crippen molar-refractivity contribution in [3.05, 3.63) is 110 Å². The molecule has 1 aliphatic carbocycles. The standard InChI is InChI=1S/C33H32N2O5S/c1-16-14-17(2)29(21(6)20(16)5)34-25-12-13-26(28-27(25)31(36)23-10-8-9-11-24(23)32(28)37)35-30-18(3)15-19(4)33(22(30)7)41(38,39)40/h8-15,34-35H,1-7H3,(H,38,39,40). The van der Waals surface area contributed by atoms with Crippen LogP contribution in [0.1, 0.15) is 70.8 Å². The van der Waals surface area contributed by atoms with Crippen LogP contribution in [0.25, 0.3) is 0 Å². The van der Waals surface area contributed by atoms with Gasteiger partial charge in [0.25, 0.3) is 10.1 Å². The number of benzene rings is 4. The maximum atomic E-state index is 14.0. The Morgan fingerprint density at radius 3 is 1.49 bits per heavy atom. The number of rotatable bonds is 5. The predicted octanol–water partition coefficient (Wildman–Crippen LogP) is 7.35. The summed E-state index contributed by atoms with van der Waals surface area (Å²) in [5.74, 6) is -0.594. The van der Waals surface area contributed by atoms with Gasteiger partial charge in [0.15, 0.2) is 11.6 Å². The number of aryl methyl sites for hydroxylation is 4. The summed E-state index contributed by atoms with van der Waals surface area (Å²) >= 11 is 0. The van der Waals surface area contributed by atoms with Gasteiger partial charge in [0.05, 0.1) is 22.5 Å². The summed E-state index contributed by atoms with van der Waals surface area (Å²) in [6.45, 7) is 13.2. The minimum absolute atomic E-state index is 0.189. The van der Waals surface area contributed by atoms with E-state index in [1.165, 1.54) is 5.56 Å². The minimum atomic E-state index is -4.50. The van der Waals surface area contributed by atoms with Gasteiger partial charge in [0.1, 0.15) is 4.90 Å². The Kier molecular flexibility index (Phi) is 6.88. The second-order valence-electron chi connectivity index (χ2n) is 10.8. The molecule has 0 bridgehead atoms. The zero-order valence-electron chi connectivity index (χ0n) is 24.1. The Morgan fingerprint density at radius 1 is 0.585 bits per heavy atom. The van der Waals surface area contributed by atoms with Crippen molar-refractivity contribution >= 4 is 44.4 Å². The zero-order valence-corrected chi connectivity index (χ0v) is 24.9. The molecular weight excluding hydrogens is 536 g/mol. The first kappa shape index (κ1) is 28.3. The number of ketones is 2. The van der Waals surface area contributed by atoms with Crippen molar-refractivity contribution in [3.63, 3.8) is 0 Å². The molecule has 8 heteroatoms. The maximum Gasteiger partial charge on any atom is 0.295 e. The molecule has 0 aromatic heterocycles. The molecule has 0 spiro atoms. The lowest BCUT2D eigenvalue weighted by Gasteiger charge is -2.26. The number of fused-ring (bicyclic) bond motifs is 2. The molecule has 0 atom stereocenters. The smallest absolute Gasteiger partial charge is 0.295 e. The Balaban J connectivity index is 1.74. The van der Waals surface area contributed by atoms with E-state index in [1.807, 2.05) is 20.8 Å². The SMILES string of the molecule is Cc1cc(C)c(Nc2ccc(Nc3c(C)cc(C)c(S(=O)(=O)O)c3C)c3c2C(=O)c2ccccc2C3=O)c(C)c1C. The molecule has 4 aromatic carbocycles. The van der Waals surface area contributed by atoms with Crippen LogP contribution in [-0.2, 0) is 10.1 Å². The van der Waals surface area contributed by atoms with E-state index in [2.05, 4.69) is 30.5 Å². The third kappa shape index (κ3) is 4.63. The van der Waals surface area contributed by atoms with Gasteiger partial charge in [-0.2, -0.15) is 8.42 Å². The molecule has 0 amide bonds. The van der Waals surface area contributed by atoms with E-state index in [-0.39, 0.29) is 27.6 Å². The second kappa shape index (κ2) is 9.98. The van der Waals surface area contributed by atoms with Crippen molar-refractivity contribution in [1.29, 1.82) is 0 Å². The van der Waals surface area contributed by atoms with Crippen LogP contribution in [-0.4, -0.2) is 24.5 Å². The van der Waals surface area contributed by atoms with Crippen LogP contribution in [0.2, 0.25) is 0 Å². The van der Waals surface area contributed by atoms with Gasteiger partial charge in [-0.25, -0.2) is 0 Å². The van der Waals surface area contributed by atoms with E-state index >= 15 is 0 Å². The van der Waals surface area contributed by atoms with Gasteiger partial charge < -0.3 is 10.6 Å². The predicted molar refractivity (Wildman–Crippen MR) is 162 cm³/mol. The highest BCUT2D eigenvalue weighted by Crippen LogP contribution is 2.41. The van der Waals surface area contributed by atoms with Crippen LogP contribution in [0, 0.1) is 48.5 Å². The van der Waals surface area contributed by atoms with Gasteiger partial charge in [-0.05, 0) is 99.5 Å². The van der Waals surface area contributed by atoms with Gasteiger partial charge in [0.2, 0.25) is 0 Å². The Morgan fingerprint density at radius 2 is 1.02 bits per heavy atom. The summed E-state index contributed by atoms with van der Waals surface area (Å²) in [5.41, 5.74) is 9.08. The summed E-state index contributed by atoms with van der Waals surface area (Å²) in [6.07, 6.45) is 0. The summed E-state index contributed by atoms with van der Waals surface area (Å²) in [7, 11) is -4.50. The largest absolute Gasteiger partial charge is 0.354 e. The third-order valence-corrected chi connectivity index (χ3v) is 9.25. The van der Waals surface area contributed by atoms with E-state index in [0.717, 1.165) is 27.9 Å². The fraction of sp³-hybridized carbons (Fsp3) is 0.212. The first-order valence-electron chi connectivity index (χ1n) is 13.3. The van der Waals surface area contributed by atoms with Crippen LogP contribution < -0.4 is 10.6 Å². The number of carbonyl (C=O) groups is 2. The van der Waals surface area contributed by atoms with E-state index in [9.17, 15) is 22.6 Å². The van der Waals surface area contributed by atoms with Gasteiger partial charge in [0, 0.05) is 22.5 Å². The molecule has 41 heavy (non-hydrogen) atoms. The highest BCUT2D eigenvalue weighted by molar-refractivity contribution is 7.86. The van der Waals surface area contributed by atoms with Gasteiger partial charge in [-0.15, -0.1) is 0 Å². The lowest BCUT2D eigenvalue weighted by Crippen LogP contribution is -2.23. The lowest BCUT2D eigenvalue weighted by molar-refractivity contribution is 0.0980. The molecular formula is C33H32N2O5S. The molecule has 7 nitrogen and oxygen atoms in total. The number of nitrogens with one attached hydrogen (secondary N) is 2. The van der Waals surface area contributed by atoms with Crippen molar-refractivity contribution in [1.82, 2.24) is 0 Å².